The molecule has 2 unspecified atom stereocenters. The molecule has 0 aromatic carbocycles. The lowest BCUT2D eigenvalue weighted by atomic mass is 10.2. The predicted molar refractivity (Wildman–Crippen MR) is 81.9 cm³/mol. The molecular weight excluding hydrogens is 324 g/mol. The first-order chi connectivity index (χ1) is 11.4. The first-order valence-corrected chi connectivity index (χ1v) is 6.73. The van der Waals surface area contributed by atoms with Crippen LogP contribution in [0.5, 0.6) is 0 Å². The maximum absolute atomic E-state index is 11.5. The van der Waals surface area contributed by atoms with Crippen LogP contribution < -0.4 is 0 Å². The van der Waals surface area contributed by atoms with Gasteiger partial charge in [-0.15, -0.1) is 0 Å². The third-order valence-corrected chi connectivity index (χ3v) is 2.72. The largest absolute Gasteiger partial charge is 0.469 e. The Morgan fingerprint density at radius 3 is 1.29 bits per heavy atom. The van der Waals surface area contributed by atoms with Crippen LogP contribution in [0.15, 0.2) is 9.98 Å². The van der Waals surface area contributed by atoms with Crippen LogP contribution in [0.3, 0.4) is 0 Å². The molecule has 0 radical (unpaired) electrons. The Hall–Kier alpha value is -2.78. The molecule has 24 heavy (non-hydrogen) atoms. The average Bonchev–Trinajstić information content (AvgIpc) is 2.60. The zero-order valence-electron chi connectivity index (χ0n) is 13.9. The Balaban J connectivity index is 4.96. The van der Waals surface area contributed by atoms with Crippen LogP contribution >= 0.6 is 0 Å². The highest BCUT2D eigenvalue weighted by atomic mass is 16.5. The van der Waals surface area contributed by atoms with Crippen molar-refractivity contribution >= 4 is 36.3 Å². The molecule has 0 aliphatic carbocycles. The predicted octanol–water partition coefficient (Wildman–Crippen LogP) is -0.663. The number of ether oxygens (including phenoxy) is 4. The van der Waals surface area contributed by atoms with E-state index in [-0.39, 0.29) is 12.8 Å². The van der Waals surface area contributed by atoms with E-state index in [4.69, 9.17) is 0 Å². The minimum atomic E-state index is -1.11. The number of carbonyl (C=O) groups is 4. The van der Waals surface area contributed by atoms with Crippen molar-refractivity contribution in [3.8, 4) is 0 Å². The summed E-state index contributed by atoms with van der Waals surface area (Å²) in [4.78, 5) is 53.1. The van der Waals surface area contributed by atoms with Gasteiger partial charge in [-0.25, -0.2) is 9.59 Å². The van der Waals surface area contributed by atoms with Crippen LogP contribution in [0.25, 0.3) is 0 Å². The molecule has 10 nitrogen and oxygen atoms in total. The standard InChI is InChI=1S/C14H20N2O8/c1-21-11(17)7-9(13(19)23-3)15-5-6-16-10(14(20)24-4)8-12(18)22-2/h5-6,9-10H,7-8H2,1-4H3. The smallest absolute Gasteiger partial charge is 0.331 e. The second-order valence-electron chi connectivity index (χ2n) is 4.23. The summed E-state index contributed by atoms with van der Waals surface area (Å²) in [6.07, 6.45) is 1.60. The highest BCUT2D eigenvalue weighted by Gasteiger charge is 2.23. The number of aliphatic imine (C=N–C) groups is 2. The topological polar surface area (TPSA) is 130 Å². The normalized spacial score (nSPS) is 13.3. The monoisotopic (exact) mass is 344 g/mol. The van der Waals surface area contributed by atoms with E-state index in [1.54, 1.807) is 0 Å². The second-order valence-corrected chi connectivity index (χ2v) is 4.23. The van der Waals surface area contributed by atoms with E-state index in [9.17, 15) is 19.2 Å². The summed E-state index contributed by atoms with van der Waals surface area (Å²) < 4.78 is 17.9. The lowest BCUT2D eigenvalue weighted by Gasteiger charge is -2.08. The van der Waals surface area contributed by atoms with Crippen molar-refractivity contribution in [3.05, 3.63) is 0 Å². The molecule has 0 saturated heterocycles. The Labute approximate surface area is 138 Å². The van der Waals surface area contributed by atoms with E-state index in [0.29, 0.717) is 0 Å². The molecule has 0 amide bonds. The van der Waals surface area contributed by atoms with Crippen molar-refractivity contribution in [1.29, 1.82) is 0 Å². The summed E-state index contributed by atoms with van der Waals surface area (Å²) in [6, 6.07) is -2.21. The van der Waals surface area contributed by atoms with E-state index in [1.807, 2.05) is 0 Å². The maximum Gasteiger partial charge on any atom is 0.331 e. The highest BCUT2D eigenvalue weighted by Crippen LogP contribution is 2.03. The van der Waals surface area contributed by atoms with Gasteiger partial charge in [0, 0.05) is 12.4 Å². The fraction of sp³-hybridized carbons (Fsp3) is 0.571. The highest BCUT2D eigenvalue weighted by molar-refractivity contribution is 6.17. The van der Waals surface area contributed by atoms with Gasteiger partial charge in [0.2, 0.25) is 0 Å². The zero-order valence-corrected chi connectivity index (χ0v) is 13.9. The fourth-order valence-electron chi connectivity index (χ4n) is 1.43. The SMILES string of the molecule is COC(=O)CC(N=CC=NC(CC(=O)OC)C(=O)OC)C(=O)OC. The molecule has 0 rings (SSSR count). The van der Waals surface area contributed by atoms with Gasteiger partial charge in [-0.3, -0.25) is 19.6 Å². The van der Waals surface area contributed by atoms with Crippen LogP contribution in [0.4, 0.5) is 0 Å². The van der Waals surface area contributed by atoms with E-state index >= 15 is 0 Å². The lowest BCUT2D eigenvalue weighted by Crippen LogP contribution is -2.25. The quantitative estimate of drug-likeness (QED) is 0.306. The van der Waals surface area contributed by atoms with Gasteiger partial charge in [0.25, 0.3) is 0 Å². The second kappa shape index (κ2) is 11.7. The van der Waals surface area contributed by atoms with Gasteiger partial charge in [0.1, 0.15) is 0 Å². The van der Waals surface area contributed by atoms with Crippen LogP contribution in [0.2, 0.25) is 0 Å². The van der Waals surface area contributed by atoms with Gasteiger partial charge in [0.15, 0.2) is 12.1 Å². The van der Waals surface area contributed by atoms with Gasteiger partial charge < -0.3 is 18.9 Å². The number of rotatable bonds is 9. The Bertz CT molecular complexity index is 469. The molecule has 0 bridgehead atoms. The molecule has 0 spiro atoms. The van der Waals surface area contributed by atoms with Crippen molar-refractivity contribution in [2.45, 2.75) is 24.9 Å². The fourth-order valence-corrected chi connectivity index (χ4v) is 1.43. The summed E-state index contributed by atoms with van der Waals surface area (Å²) in [6.45, 7) is 0. The molecule has 0 aliphatic heterocycles. The summed E-state index contributed by atoms with van der Waals surface area (Å²) in [7, 11) is 4.66. The average molecular weight is 344 g/mol. The molecule has 0 aromatic rings. The van der Waals surface area contributed by atoms with Gasteiger partial charge in [-0.2, -0.15) is 0 Å². The number of hydrogen-bond donors (Lipinski definition) is 0. The van der Waals surface area contributed by atoms with Crippen molar-refractivity contribution in [1.82, 2.24) is 0 Å². The maximum atomic E-state index is 11.5. The van der Waals surface area contributed by atoms with E-state index in [2.05, 4.69) is 28.9 Å². The number of methoxy groups -OCH3 is 4. The third kappa shape index (κ3) is 8.01. The third-order valence-electron chi connectivity index (χ3n) is 2.72. The zero-order chi connectivity index (χ0) is 18.5. The molecule has 0 heterocycles. The first-order valence-electron chi connectivity index (χ1n) is 6.73. The number of esters is 4. The number of carbonyl (C=O) groups excluding carboxylic acids is 4. The molecule has 0 aliphatic rings. The van der Waals surface area contributed by atoms with E-state index < -0.39 is 36.0 Å². The summed E-state index contributed by atoms with van der Waals surface area (Å²) in [5, 5.41) is 0. The van der Waals surface area contributed by atoms with Crippen molar-refractivity contribution in [3.63, 3.8) is 0 Å². The van der Waals surface area contributed by atoms with E-state index in [0.717, 1.165) is 26.6 Å². The molecule has 0 fully saturated rings. The summed E-state index contributed by atoms with van der Waals surface area (Å²) >= 11 is 0. The van der Waals surface area contributed by atoms with Crippen LogP contribution in [0.1, 0.15) is 12.8 Å². The van der Waals surface area contributed by atoms with Gasteiger partial charge in [0.05, 0.1) is 41.3 Å². The Morgan fingerprint density at radius 2 is 1.04 bits per heavy atom. The first kappa shape index (κ1) is 21.2. The minimum Gasteiger partial charge on any atom is -0.469 e. The van der Waals surface area contributed by atoms with Crippen molar-refractivity contribution < 1.29 is 38.1 Å². The molecule has 2 atom stereocenters. The Kier molecular flexibility index (Phi) is 10.4. The molecule has 10 heteroatoms. The lowest BCUT2D eigenvalue weighted by molar-refractivity contribution is -0.148. The van der Waals surface area contributed by atoms with Gasteiger partial charge >= 0.3 is 23.9 Å². The van der Waals surface area contributed by atoms with Crippen LogP contribution in [-0.2, 0) is 38.1 Å². The minimum absolute atomic E-state index is 0.309. The summed E-state index contributed by atoms with van der Waals surface area (Å²) in [5.41, 5.74) is 0. The number of hydrogen-bond acceptors (Lipinski definition) is 10. The van der Waals surface area contributed by atoms with Crippen molar-refractivity contribution in [2.75, 3.05) is 28.4 Å². The molecule has 134 valence electrons. The molecule has 0 N–H and O–H groups in total. The van der Waals surface area contributed by atoms with Crippen LogP contribution in [0, 0.1) is 0 Å². The molecular formula is C14H20N2O8. The Morgan fingerprint density at radius 1 is 0.708 bits per heavy atom. The van der Waals surface area contributed by atoms with Gasteiger partial charge in [-0.1, -0.05) is 0 Å². The van der Waals surface area contributed by atoms with Crippen LogP contribution in [-0.4, -0.2) is 76.8 Å². The molecule has 0 aromatic heterocycles. The number of nitrogens with zero attached hydrogens (tertiary/aromatic N) is 2. The van der Waals surface area contributed by atoms with Crippen molar-refractivity contribution in [2.24, 2.45) is 9.98 Å². The van der Waals surface area contributed by atoms with E-state index in [1.165, 1.54) is 14.2 Å². The van der Waals surface area contributed by atoms with Gasteiger partial charge in [-0.05, 0) is 0 Å². The summed E-state index contributed by atoms with van der Waals surface area (Å²) in [5.74, 6) is -2.75. The molecule has 0 saturated carbocycles.